The van der Waals surface area contributed by atoms with E-state index in [9.17, 15) is 0 Å². The Kier molecular flexibility index (Phi) is 6.21. The fraction of sp³-hybridized carbons (Fsp3) is 0.222. The normalized spacial score (nSPS) is 9.81. The summed E-state index contributed by atoms with van der Waals surface area (Å²) in [4.78, 5) is 1.23. The van der Waals surface area contributed by atoms with E-state index in [0.717, 1.165) is 16.9 Å². The zero-order chi connectivity index (χ0) is 14.9. The molecule has 2 nitrogen and oxygen atoms in total. The first-order valence-corrected chi connectivity index (χ1v) is 8.00. The first-order valence-electron chi connectivity index (χ1n) is 6.77. The molecule has 0 aliphatic carbocycles. The van der Waals surface area contributed by atoms with Gasteiger partial charge in [0.2, 0.25) is 0 Å². The van der Waals surface area contributed by atoms with Gasteiger partial charge in [-0.3, -0.25) is 0 Å². The molecule has 2 rings (SSSR count). The van der Waals surface area contributed by atoms with Crippen LogP contribution in [0.5, 0.6) is 5.75 Å². The maximum Gasteiger partial charge on any atom is 0.119 e. The van der Waals surface area contributed by atoms with Crippen LogP contribution in [0, 0.1) is 11.8 Å². The second kappa shape index (κ2) is 8.41. The molecule has 0 aromatic heterocycles. The van der Waals surface area contributed by atoms with Crippen LogP contribution >= 0.6 is 11.8 Å². The number of hydrogen-bond acceptors (Lipinski definition) is 3. The quantitative estimate of drug-likeness (QED) is 0.674. The third-order valence-electron chi connectivity index (χ3n) is 2.86. The van der Waals surface area contributed by atoms with Crippen LogP contribution in [0.1, 0.15) is 17.5 Å². The number of thioether (sulfide) groups is 1. The molecule has 21 heavy (non-hydrogen) atoms. The average molecular weight is 298 g/mol. The highest BCUT2D eigenvalue weighted by molar-refractivity contribution is 7.98. The van der Waals surface area contributed by atoms with Crippen molar-refractivity contribution in [2.75, 3.05) is 12.9 Å². The van der Waals surface area contributed by atoms with Crippen molar-refractivity contribution >= 4 is 11.8 Å². The second-order valence-corrected chi connectivity index (χ2v) is 5.32. The molecule has 0 aliphatic rings. The highest BCUT2D eigenvalue weighted by Gasteiger charge is 1.98. The zero-order valence-electron chi connectivity index (χ0n) is 12.0. The Bertz CT molecular complexity index is 624. The van der Waals surface area contributed by atoms with Gasteiger partial charge in [0, 0.05) is 16.9 Å². The Morgan fingerprint density at radius 3 is 2.67 bits per heavy atom. The van der Waals surface area contributed by atoms with Gasteiger partial charge < -0.3 is 9.84 Å². The molecule has 108 valence electrons. The third kappa shape index (κ3) is 5.18. The van der Waals surface area contributed by atoms with E-state index in [4.69, 9.17) is 9.84 Å². The molecule has 0 saturated carbocycles. The molecule has 0 radical (unpaired) electrons. The van der Waals surface area contributed by atoms with Crippen molar-refractivity contribution in [2.24, 2.45) is 0 Å². The van der Waals surface area contributed by atoms with E-state index in [1.54, 1.807) is 11.8 Å². The van der Waals surface area contributed by atoms with Crippen LogP contribution in [-0.4, -0.2) is 18.0 Å². The molecule has 0 spiro atoms. The van der Waals surface area contributed by atoms with Crippen LogP contribution in [0.4, 0.5) is 0 Å². The minimum atomic E-state index is 0.0991. The fourth-order valence-corrected chi connectivity index (χ4v) is 2.21. The Morgan fingerprint density at radius 1 is 1.14 bits per heavy atom. The van der Waals surface area contributed by atoms with E-state index in [-0.39, 0.29) is 6.61 Å². The van der Waals surface area contributed by atoms with Gasteiger partial charge in [-0.05, 0) is 48.2 Å². The standard InChI is InChI=1S/C18H18O2S/c1-21-18-10-8-17(9-11-18)20-14-16-7-4-6-15(13-16)5-2-3-12-19/h4,6-11,13,19H,3,12,14H2,1H3. The predicted octanol–water partition coefficient (Wildman–Crippen LogP) is 3.72. The Hall–Kier alpha value is -1.89. The lowest BCUT2D eigenvalue weighted by Crippen LogP contribution is -1.95. The van der Waals surface area contributed by atoms with Crippen molar-refractivity contribution in [3.8, 4) is 17.6 Å². The minimum absolute atomic E-state index is 0.0991. The van der Waals surface area contributed by atoms with E-state index in [1.807, 2.05) is 36.4 Å². The summed E-state index contributed by atoms with van der Waals surface area (Å²) in [5.41, 5.74) is 2.03. The van der Waals surface area contributed by atoms with Crippen LogP contribution < -0.4 is 4.74 Å². The second-order valence-electron chi connectivity index (χ2n) is 4.44. The van der Waals surface area contributed by atoms with Gasteiger partial charge in [-0.25, -0.2) is 0 Å². The lowest BCUT2D eigenvalue weighted by molar-refractivity contribution is 0.305. The van der Waals surface area contributed by atoms with Gasteiger partial charge in [-0.15, -0.1) is 11.8 Å². The predicted molar refractivity (Wildman–Crippen MR) is 87.6 cm³/mol. The molecular weight excluding hydrogens is 280 g/mol. The number of hydrogen-bond donors (Lipinski definition) is 1. The summed E-state index contributed by atoms with van der Waals surface area (Å²) < 4.78 is 5.77. The third-order valence-corrected chi connectivity index (χ3v) is 3.61. The molecule has 0 saturated heterocycles. The van der Waals surface area contributed by atoms with Crippen molar-refractivity contribution in [1.82, 2.24) is 0 Å². The van der Waals surface area contributed by atoms with E-state index < -0.39 is 0 Å². The Morgan fingerprint density at radius 2 is 1.95 bits per heavy atom. The van der Waals surface area contributed by atoms with Crippen LogP contribution in [0.3, 0.4) is 0 Å². The van der Waals surface area contributed by atoms with Gasteiger partial charge in [0.1, 0.15) is 12.4 Å². The van der Waals surface area contributed by atoms with E-state index in [0.29, 0.717) is 13.0 Å². The molecule has 3 heteroatoms. The van der Waals surface area contributed by atoms with Crippen LogP contribution in [0.25, 0.3) is 0 Å². The molecule has 1 N–H and O–H groups in total. The highest BCUT2D eigenvalue weighted by Crippen LogP contribution is 2.19. The van der Waals surface area contributed by atoms with Crippen LogP contribution in [-0.2, 0) is 6.61 Å². The SMILES string of the molecule is CSc1ccc(OCc2cccc(C#CCCO)c2)cc1. The van der Waals surface area contributed by atoms with Gasteiger partial charge in [0.15, 0.2) is 0 Å². The molecule has 0 unspecified atom stereocenters. The minimum Gasteiger partial charge on any atom is -0.489 e. The van der Waals surface area contributed by atoms with Crippen molar-refractivity contribution in [1.29, 1.82) is 0 Å². The first kappa shape index (κ1) is 15.5. The molecule has 2 aromatic rings. The average Bonchev–Trinajstić information content (AvgIpc) is 2.54. The van der Waals surface area contributed by atoms with Crippen molar-refractivity contribution in [3.63, 3.8) is 0 Å². The number of rotatable bonds is 5. The molecule has 0 heterocycles. The smallest absolute Gasteiger partial charge is 0.119 e. The summed E-state index contributed by atoms with van der Waals surface area (Å²) in [6.07, 6.45) is 2.56. The monoisotopic (exact) mass is 298 g/mol. The number of ether oxygens (including phenoxy) is 1. The lowest BCUT2D eigenvalue weighted by Gasteiger charge is -2.07. The summed E-state index contributed by atoms with van der Waals surface area (Å²) >= 11 is 1.71. The first-order chi connectivity index (χ1) is 10.3. The number of aliphatic hydroxyl groups excluding tert-OH is 1. The summed E-state index contributed by atoms with van der Waals surface area (Å²) in [6, 6.07) is 16.0. The van der Waals surface area contributed by atoms with Gasteiger partial charge in [0.25, 0.3) is 0 Å². The van der Waals surface area contributed by atoms with Gasteiger partial charge in [-0.1, -0.05) is 24.0 Å². The van der Waals surface area contributed by atoms with Crippen molar-refractivity contribution < 1.29 is 9.84 Å². The maximum absolute atomic E-state index is 8.72. The topological polar surface area (TPSA) is 29.5 Å². The molecule has 0 aliphatic heterocycles. The Balaban J connectivity index is 1.96. The van der Waals surface area contributed by atoms with E-state index >= 15 is 0 Å². The summed E-state index contributed by atoms with van der Waals surface area (Å²) in [5, 5.41) is 8.72. The molecular formula is C18H18O2S. The molecule has 0 amide bonds. The maximum atomic E-state index is 8.72. The van der Waals surface area contributed by atoms with Crippen molar-refractivity contribution in [3.05, 3.63) is 59.7 Å². The van der Waals surface area contributed by atoms with Gasteiger partial charge in [-0.2, -0.15) is 0 Å². The number of aliphatic hydroxyl groups is 1. The molecule has 0 bridgehead atoms. The van der Waals surface area contributed by atoms with Gasteiger partial charge >= 0.3 is 0 Å². The van der Waals surface area contributed by atoms with Crippen LogP contribution in [0.15, 0.2) is 53.4 Å². The van der Waals surface area contributed by atoms with E-state index in [1.165, 1.54) is 4.90 Å². The molecule has 0 atom stereocenters. The Labute approximate surface area is 130 Å². The summed E-state index contributed by atoms with van der Waals surface area (Å²) in [5.74, 6) is 6.82. The summed E-state index contributed by atoms with van der Waals surface area (Å²) in [6.45, 7) is 0.621. The molecule has 0 fully saturated rings. The fourth-order valence-electron chi connectivity index (χ4n) is 1.80. The molecule has 2 aromatic carbocycles. The zero-order valence-corrected chi connectivity index (χ0v) is 12.8. The largest absolute Gasteiger partial charge is 0.489 e. The number of benzene rings is 2. The van der Waals surface area contributed by atoms with Gasteiger partial charge in [0.05, 0.1) is 6.61 Å². The highest BCUT2D eigenvalue weighted by atomic mass is 32.2. The van der Waals surface area contributed by atoms with E-state index in [2.05, 4.69) is 30.2 Å². The summed E-state index contributed by atoms with van der Waals surface area (Å²) in [7, 11) is 0. The lowest BCUT2D eigenvalue weighted by atomic mass is 10.1. The van der Waals surface area contributed by atoms with Crippen molar-refractivity contribution in [2.45, 2.75) is 17.9 Å². The van der Waals surface area contributed by atoms with Crippen LogP contribution in [0.2, 0.25) is 0 Å².